The maximum absolute atomic E-state index is 13.0. The maximum Gasteiger partial charge on any atom is 0.264 e. The summed E-state index contributed by atoms with van der Waals surface area (Å²) in [6.07, 6.45) is 0. The topological polar surface area (TPSA) is 46.6 Å². The fourth-order valence-electron chi connectivity index (χ4n) is 2.52. The van der Waals surface area contributed by atoms with Crippen molar-refractivity contribution in [3.8, 4) is 5.75 Å². The molecule has 0 amide bonds. The van der Waals surface area contributed by atoms with Gasteiger partial charge in [-0.05, 0) is 43.2 Å². The molecule has 1 aliphatic rings. The summed E-state index contributed by atoms with van der Waals surface area (Å²) in [4.78, 5) is 0.347. The zero-order chi connectivity index (χ0) is 15.0. The second-order valence-electron chi connectivity index (χ2n) is 5.16. The molecule has 0 fully saturated rings. The molecule has 0 unspecified atom stereocenters. The van der Waals surface area contributed by atoms with Crippen LogP contribution in [0.15, 0.2) is 47.4 Å². The minimum absolute atomic E-state index is 0.327. The number of aryl methyl sites for hydroxylation is 2. The summed E-state index contributed by atoms with van der Waals surface area (Å²) < 4.78 is 32.9. The summed E-state index contributed by atoms with van der Waals surface area (Å²) in [7, 11) is -3.57. The van der Waals surface area contributed by atoms with E-state index in [4.69, 9.17) is 4.74 Å². The van der Waals surface area contributed by atoms with Crippen LogP contribution in [0.4, 0.5) is 5.69 Å². The number of fused-ring (bicyclic) bond motifs is 1. The van der Waals surface area contributed by atoms with E-state index in [2.05, 4.69) is 0 Å². The number of benzene rings is 2. The smallest absolute Gasteiger partial charge is 0.264 e. The fourth-order valence-corrected chi connectivity index (χ4v) is 4.20. The van der Waals surface area contributed by atoms with Crippen LogP contribution in [0.1, 0.15) is 11.1 Å². The molecule has 2 aromatic carbocycles. The van der Waals surface area contributed by atoms with E-state index >= 15 is 0 Å². The molecule has 0 aromatic heterocycles. The number of hydrogen-bond donors (Lipinski definition) is 0. The summed E-state index contributed by atoms with van der Waals surface area (Å²) in [5, 5.41) is 0. The van der Waals surface area contributed by atoms with E-state index in [0.29, 0.717) is 29.5 Å². The van der Waals surface area contributed by atoms with Gasteiger partial charge in [0.25, 0.3) is 10.0 Å². The number of anilines is 1. The van der Waals surface area contributed by atoms with Gasteiger partial charge in [-0.15, -0.1) is 0 Å². The Hall–Kier alpha value is -2.01. The van der Waals surface area contributed by atoms with Crippen LogP contribution in [0.25, 0.3) is 0 Å². The molecule has 2 aromatic rings. The molecule has 1 heterocycles. The Kier molecular flexibility index (Phi) is 3.37. The Balaban J connectivity index is 2.14. The summed E-state index contributed by atoms with van der Waals surface area (Å²) in [6.45, 7) is 4.44. The second-order valence-corrected chi connectivity index (χ2v) is 6.99. The number of nitrogens with zero attached hydrogens (tertiary/aromatic N) is 1. The van der Waals surface area contributed by atoms with E-state index in [-0.39, 0.29) is 0 Å². The monoisotopic (exact) mass is 303 g/mol. The average molecular weight is 303 g/mol. The van der Waals surface area contributed by atoms with Crippen LogP contribution in [0.5, 0.6) is 5.75 Å². The van der Waals surface area contributed by atoms with Crippen molar-refractivity contribution in [3.63, 3.8) is 0 Å². The summed E-state index contributed by atoms with van der Waals surface area (Å²) in [6, 6.07) is 12.6. The van der Waals surface area contributed by atoms with Gasteiger partial charge in [0.2, 0.25) is 0 Å². The first-order valence-corrected chi connectivity index (χ1v) is 8.26. The molecule has 0 N–H and O–H groups in total. The molecule has 0 spiro atoms. The third kappa shape index (κ3) is 2.38. The molecule has 21 heavy (non-hydrogen) atoms. The molecule has 0 aliphatic carbocycles. The highest BCUT2D eigenvalue weighted by atomic mass is 32.2. The van der Waals surface area contributed by atoms with Gasteiger partial charge in [0.15, 0.2) is 0 Å². The lowest BCUT2D eigenvalue weighted by Crippen LogP contribution is -2.38. The highest BCUT2D eigenvalue weighted by molar-refractivity contribution is 7.92. The maximum atomic E-state index is 13.0. The molecule has 0 bridgehead atoms. The van der Waals surface area contributed by atoms with E-state index in [1.165, 1.54) is 4.31 Å². The van der Waals surface area contributed by atoms with E-state index in [0.717, 1.165) is 11.1 Å². The Morgan fingerprint density at radius 1 is 1.10 bits per heavy atom. The number of ether oxygens (including phenoxy) is 1. The third-order valence-corrected chi connectivity index (χ3v) is 5.57. The van der Waals surface area contributed by atoms with Crippen LogP contribution in [-0.4, -0.2) is 21.6 Å². The second kappa shape index (κ2) is 5.07. The lowest BCUT2D eigenvalue weighted by molar-refractivity contribution is 0.315. The highest BCUT2D eigenvalue weighted by Gasteiger charge is 2.30. The van der Waals surface area contributed by atoms with Gasteiger partial charge in [0.1, 0.15) is 12.4 Å². The molecule has 5 heteroatoms. The molecular formula is C16H17NO3S. The van der Waals surface area contributed by atoms with Crippen molar-refractivity contribution in [1.29, 1.82) is 0 Å². The summed E-state index contributed by atoms with van der Waals surface area (Å²) in [5.41, 5.74) is 2.37. The zero-order valence-electron chi connectivity index (χ0n) is 12.0. The van der Waals surface area contributed by atoms with E-state index in [9.17, 15) is 8.42 Å². The van der Waals surface area contributed by atoms with Crippen LogP contribution in [0.3, 0.4) is 0 Å². The summed E-state index contributed by atoms with van der Waals surface area (Å²) in [5.74, 6) is 0.615. The fraction of sp³-hybridized carbons (Fsp3) is 0.250. The predicted molar refractivity (Wildman–Crippen MR) is 82.4 cm³/mol. The van der Waals surface area contributed by atoms with Gasteiger partial charge in [0, 0.05) is 0 Å². The van der Waals surface area contributed by atoms with E-state index in [1.807, 2.05) is 44.2 Å². The molecule has 1 aliphatic heterocycles. The van der Waals surface area contributed by atoms with E-state index in [1.54, 1.807) is 12.1 Å². The van der Waals surface area contributed by atoms with Gasteiger partial charge in [-0.2, -0.15) is 0 Å². The van der Waals surface area contributed by atoms with Crippen LogP contribution < -0.4 is 9.04 Å². The normalized spacial score (nSPS) is 14.5. The predicted octanol–water partition coefficient (Wildman–Crippen LogP) is 2.89. The Morgan fingerprint density at radius 3 is 2.62 bits per heavy atom. The van der Waals surface area contributed by atoms with Crippen molar-refractivity contribution in [1.82, 2.24) is 0 Å². The number of rotatable bonds is 2. The molecule has 3 rings (SSSR count). The van der Waals surface area contributed by atoms with Crippen molar-refractivity contribution in [2.75, 3.05) is 17.5 Å². The molecular weight excluding hydrogens is 286 g/mol. The minimum atomic E-state index is -3.57. The molecule has 4 nitrogen and oxygen atoms in total. The molecule has 0 radical (unpaired) electrons. The van der Waals surface area contributed by atoms with Gasteiger partial charge in [-0.3, -0.25) is 4.31 Å². The van der Waals surface area contributed by atoms with Crippen molar-refractivity contribution >= 4 is 15.7 Å². The number of sulfonamides is 1. The zero-order valence-corrected chi connectivity index (χ0v) is 12.9. The largest absolute Gasteiger partial charge is 0.489 e. The molecule has 0 saturated heterocycles. The Bertz CT molecular complexity index is 784. The molecule has 110 valence electrons. The Labute approximate surface area is 125 Å². The molecule has 0 atom stereocenters. The van der Waals surface area contributed by atoms with Gasteiger partial charge >= 0.3 is 0 Å². The lowest BCUT2D eigenvalue weighted by Gasteiger charge is -2.31. The highest BCUT2D eigenvalue weighted by Crippen LogP contribution is 2.36. The van der Waals surface area contributed by atoms with Crippen LogP contribution >= 0.6 is 0 Å². The molecule has 0 saturated carbocycles. The third-order valence-electron chi connectivity index (χ3n) is 3.60. The van der Waals surface area contributed by atoms with Gasteiger partial charge in [0.05, 0.1) is 17.1 Å². The van der Waals surface area contributed by atoms with Gasteiger partial charge in [-0.25, -0.2) is 8.42 Å². The van der Waals surface area contributed by atoms with Crippen LogP contribution in [0, 0.1) is 13.8 Å². The van der Waals surface area contributed by atoms with Crippen molar-refractivity contribution in [2.45, 2.75) is 18.7 Å². The van der Waals surface area contributed by atoms with Crippen LogP contribution in [0.2, 0.25) is 0 Å². The SMILES string of the molecule is Cc1ccc2c(c1)N(S(=O)(=O)c1ccccc1C)CCO2. The quantitative estimate of drug-likeness (QED) is 0.857. The standard InChI is InChI=1S/C16H17NO3S/c1-12-7-8-15-14(11-12)17(9-10-20-15)21(18,19)16-6-4-3-5-13(16)2/h3-8,11H,9-10H2,1-2H3. The lowest BCUT2D eigenvalue weighted by atomic mass is 10.2. The average Bonchev–Trinajstić information content (AvgIpc) is 2.46. The minimum Gasteiger partial charge on any atom is -0.489 e. The van der Waals surface area contributed by atoms with Gasteiger partial charge < -0.3 is 4.74 Å². The first-order valence-electron chi connectivity index (χ1n) is 6.82. The summed E-state index contributed by atoms with van der Waals surface area (Å²) >= 11 is 0. The van der Waals surface area contributed by atoms with Crippen LogP contribution in [-0.2, 0) is 10.0 Å². The van der Waals surface area contributed by atoms with Crippen molar-refractivity contribution < 1.29 is 13.2 Å². The first kappa shape index (κ1) is 13.9. The Morgan fingerprint density at radius 2 is 1.86 bits per heavy atom. The number of hydrogen-bond acceptors (Lipinski definition) is 3. The van der Waals surface area contributed by atoms with E-state index < -0.39 is 10.0 Å². The first-order chi connectivity index (χ1) is 10.00. The van der Waals surface area contributed by atoms with Gasteiger partial charge in [-0.1, -0.05) is 24.3 Å². The van der Waals surface area contributed by atoms with Crippen molar-refractivity contribution in [3.05, 3.63) is 53.6 Å². The van der Waals surface area contributed by atoms with Crippen molar-refractivity contribution in [2.24, 2.45) is 0 Å².